The molecule has 0 bridgehead atoms. The summed E-state index contributed by atoms with van der Waals surface area (Å²) < 4.78 is 10.1. The number of esters is 1. The highest BCUT2D eigenvalue weighted by atomic mass is 35.5. The lowest BCUT2D eigenvalue weighted by Gasteiger charge is -2.07. The van der Waals surface area contributed by atoms with Crippen LogP contribution in [-0.2, 0) is 4.74 Å². The molecular formula is C15H9ClN2O5. The summed E-state index contributed by atoms with van der Waals surface area (Å²) in [7, 11) is 0. The van der Waals surface area contributed by atoms with Crippen molar-refractivity contribution in [3.63, 3.8) is 0 Å². The Morgan fingerprint density at radius 1 is 1.26 bits per heavy atom. The molecule has 0 heterocycles. The number of carbonyl (C=O) groups excluding carboxylic acids is 1. The van der Waals surface area contributed by atoms with Crippen LogP contribution in [-0.4, -0.2) is 17.5 Å². The van der Waals surface area contributed by atoms with E-state index in [4.69, 9.17) is 21.6 Å². The van der Waals surface area contributed by atoms with Crippen molar-refractivity contribution in [2.45, 2.75) is 0 Å². The van der Waals surface area contributed by atoms with Crippen molar-refractivity contribution in [2.75, 3.05) is 6.61 Å². The van der Waals surface area contributed by atoms with Crippen molar-refractivity contribution in [1.82, 2.24) is 0 Å². The summed E-state index contributed by atoms with van der Waals surface area (Å²) in [6.45, 7) is -0.339. The van der Waals surface area contributed by atoms with Crippen LogP contribution in [0.4, 0.5) is 5.69 Å². The van der Waals surface area contributed by atoms with Gasteiger partial charge >= 0.3 is 11.7 Å². The average Bonchev–Trinajstić information content (AvgIpc) is 2.54. The predicted molar refractivity (Wildman–Crippen MR) is 80.5 cm³/mol. The van der Waals surface area contributed by atoms with E-state index in [2.05, 4.69) is 4.74 Å². The minimum absolute atomic E-state index is 0.0270. The van der Waals surface area contributed by atoms with E-state index in [1.807, 2.05) is 0 Å². The lowest BCUT2D eigenvalue weighted by Crippen LogP contribution is -2.04. The third-order valence-electron chi connectivity index (χ3n) is 2.70. The molecule has 2 aromatic carbocycles. The molecule has 0 aromatic heterocycles. The number of halogens is 1. The van der Waals surface area contributed by atoms with Crippen molar-refractivity contribution >= 4 is 23.3 Å². The molecule has 0 unspecified atom stereocenters. The van der Waals surface area contributed by atoms with Crippen LogP contribution < -0.4 is 4.74 Å². The molecule has 7 nitrogen and oxygen atoms in total. The maximum Gasteiger partial charge on any atom is 0.339 e. The number of rotatable bonds is 5. The van der Waals surface area contributed by atoms with E-state index >= 15 is 0 Å². The SMILES string of the molecule is N#CCOC(=O)c1ccc(Oc2ccc(Cl)cc2[N+](=O)[O-])cc1. The fourth-order valence-electron chi connectivity index (χ4n) is 1.69. The molecule has 0 aliphatic rings. The van der Waals surface area contributed by atoms with Crippen LogP contribution in [0.3, 0.4) is 0 Å². The van der Waals surface area contributed by atoms with Gasteiger partial charge in [-0.1, -0.05) is 11.6 Å². The molecule has 8 heteroatoms. The number of hydrogen-bond acceptors (Lipinski definition) is 6. The van der Waals surface area contributed by atoms with E-state index in [-0.39, 0.29) is 28.6 Å². The van der Waals surface area contributed by atoms with Gasteiger partial charge in [-0.2, -0.15) is 5.26 Å². The number of nitro benzene ring substituents is 1. The quantitative estimate of drug-likeness (QED) is 0.469. The molecule has 0 atom stereocenters. The monoisotopic (exact) mass is 332 g/mol. The Balaban J connectivity index is 2.17. The molecule has 0 aliphatic carbocycles. The Bertz CT molecular complexity index is 783. The van der Waals surface area contributed by atoms with Gasteiger partial charge < -0.3 is 9.47 Å². The summed E-state index contributed by atoms with van der Waals surface area (Å²) >= 11 is 5.73. The van der Waals surface area contributed by atoms with E-state index in [0.29, 0.717) is 5.75 Å². The largest absolute Gasteiger partial charge is 0.450 e. The van der Waals surface area contributed by atoms with Gasteiger partial charge in [0.15, 0.2) is 6.61 Å². The number of hydrogen-bond donors (Lipinski definition) is 0. The molecule has 0 radical (unpaired) electrons. The van der Waals surface area contributed by atoms with E-state index in [9.17, 15) is 14.9 Å². The van der Waals surface area contributed by atoms with Crippen LogP contribution in [0.25, 0.3) is 0 Å². The van der Waals surface area contributed by atoms with Crippen molar-refractivity contribution in [2.24, 2.45) is 0 Å². The van der Waals surface area contributed by atoms with E-state index < -0.39 is 10.9 Å². The first-order valence-electron chi connectivity index (χ1n) is 6.27. The summed E-state index contributed by atoms with van der Waals surface area (Å²) in [4.78, 5) is 21.9. The van der Waals surface area contributed by atoms with Gasteiger partial charge in [-0.15, -0.1) is 0 Å². The van der Waals surface area contributed by atoms with Crippen molar-refractivity contribution in [3.8, 4) is 17.6 Å². The van der Waals surface area contributed by atoms with Crippen LogP contribution >= 0.6 is 11.6 Å². The Labute approximate surface area is 135 Å². The maximum atomic E-state index is 11.5. The molecule has 2 aromatic rings. The Hall–Kier alpha value is -3.11. The standard InChI is InChI=1S/C15H9ClN2O5/c16-11-3-6-14(13(9-11)18(20)21)23-12-4-1-10(2-5-12)15(19)22-8-7-17/h1-6,9H,8H2. The van der Waals surface area contributed by atoms with Crippen LogP contribution in [0.2, 0.25) is 5.02 Å². The maximum absolute atomic E-state index is 11.5. The molecule has 0 saturated carbocycles. The third kappa shape index (κ3) is 4.18. The summed E-state index contributed by atoms with van der Waals surface area (Å²) in [5, 5.41) is 19.6. The first kappa shape index (κ1) is 16.3. The summed E-state index contributed by atoms with van der Waals surface area (Å²) in [6.07, 6.45) is 0. The van der Waals surface area contributed by atoms with Crippen molar-refractivity contribution < 1.29 is 19.2 Å². The molecule has 23 heavy (non-hydrogen) atoms. The van der Waals surface area contributed by atoms with Crippen LogP contribution in [0.15, 0.2) is 42.5 Å². The van der Waals surface area contributed by atoms with Crippen molar-refractivity contribution in [1.29, 1.82) is 5.26 Å². The fourth-order valence-corrected chi connectivity index (χ4v) is 1.85. The predicted octanol–water partition coefficient (Wildman–Crippen LogP) is 3.72. The molecule has 0 amide bonds. The molecule has 0 aliphatic heterocycles. The molecule has 0 spiro atoms. The van der Waals surface area contributed by atoms with Crippen LogP contribution in [0, 0.1) is 21.4 Å². The molecule has 116 valence electrons. The minimum atomic E-state index is -0.643. The molecular weight excluding hydrogens is 324 g/mol. The van der Waals surface area contributed by atoms with E-state index in [1.165, 1.54) is 42.5 Å². The van der Waals surface area contributed by atoms with Gasteiger partial charge in [0.1, 0.15) is 11.8 Å². The van der Waals surface area contributed by atoms with Crippen LogP contribution in [0.1, 0.15) is 10.4 Å². The van der Waals surface area contributed by atoms with Gasteiger partial charge in [-0.05, 0) is 36.4 Å². The number of carbonyl (C=O) groups is 1. The smallest absolute Gasteiger partial charge is 0.339 e. The van der Waals surface area contributed by atoms with Gasteiger partial charge in [0.05, 0.1) is 10.5 Å². The van der Waals surface area contributed by atoms with Gasteiger partial charge in [-0.25, -0.2) is 4.79 Å². The number of nitriles is 1. The van der Waals surface area contributed by atoms with Gasteiger partial charge in [0.25, 0.3) is 0 Å². The zero-order valence-corrected chi connectivity index (χ0v) is 12.3. The molecule has 0 saturated heterocycles. The summed E-state index contributed by atoms with van der Waals surface area (Å²) in [6, 6.07) is 11.5. The van der Waals surface area contributed by atoms with Gasteiger partial charge in [-0.3, -0.25) is 10.1 Å². The second-order valence-electron chi connectivity index (χ2n) is 4.23. The molecule has 2 rings (SSSR count). The van der Waals surface area contributed by atoms with E-state index in [0.717, 1.165) is 0 Å². The summed E-state index contributed by atoms with van der Waals surface area (Å²) in [5.41, 5.74) is -0.0341. The minimum Gasteiger partial charge on any atom is -0.450 e. The third-order valence-corrected chi connectivity index (χ3v) is 2.94. The topological polar surface area (TPSA) is 102 Å². The number of nitrogens with zero attached hydrogens (tertiary/aromatic N) is 2. The highest BCUT2D eigenvalue weighted by Gasteiger charge is 2.16. The van der Waals surface area contributed by atoms with E-state index in [1.54, 1.807) is 6.07 Å². The van der Waals surface area contributed by atoms with Crippen LogP contribution in [0.5, 0.6) is 11.5 Å². The highest BCUT2D eigenvalue weighted by molar-refractivity contribution is 6.30. The van der Waals surface area contributed by atoms with Gasteiger partial charge in [0, 0.05) is 11.1 Å². The second-order valence-corrected chi connectivity index (χ2v) is 4.67. The summed E-state index contributed by atoms with van der Waals surface area (Å²) in [5.74, 6) is -0.318. The lowest BCUT2D eigenvalue weighted by molar-refractivity contribution is -0.385. The Kier molecular flexibility index (Phi) is 5.12. The second kappa shape index (κ2) is 7.24. The average molecular weight is 333 g/mol. The molecule has 0 N–H and O–H groups in total. The normalized spacial score (nSPS) is 9.74. The first-order chi connectivity index (χ1) is 11.0. The number of benzene rings is 2. The zero-order valence-electron chi connectivity index (χ0n) is 11.6. The lowest BCUT2D eigenvalue weighted by atomic mass is 10.2. The Morgan fingerprint density at radius 3 is 2.57 bits per heavy atom. The van der Waals surface area contributed by atoms with Gasteiger partial charge in [0.2, 0.25) is 5.75 Å². The highest BCUT2D eigenvalue weighted by Crippen LogP contribution is 2.33. The molecule has 0 fully saturated rings. The Morgan fingerprint density at radius 2 is 1.96 bits per heavy atom. The zero-order chi connectivity index (χ0) is 16.8. The fraction of sp³-hybridized carbons (Fsp3) is 0.0667. The number of ether oxygens (including phenoxy) is 2. The van der Waals surface area contributed by atoms with Crippen molar-refractivity contribution in [3.05, 3.63) is 63.2 Å². The number of nitro groups is 1. The first-order valence-corrected chi connectivity index (χ1v) is 6.65.